The molecule has 1 unspecified atom stereocenters. The van der Waals surface area contributed by atoms with Crippen LogP contribution in [-0.2, 0) is 0 Å². The molecule has 1 saturated carbocycles. The van der Waals surface area contributed by atoms with E-state index >= 15 is 0 Å². The first-order valence-corrected chi connectivity index (χ1v) is 14.5. The Morgan fingerprint density at radius 1 is 0.944 bits per heavy atom. The number of anilines is 4. The normalized spacial score (nSPS) is 17.6. The number of rotatable bonds is 8. The molecule has 5 rings (SSSR count). The Morgan fingerprint density at radius 2 is 1.69 bits per heavy atom. The molecule has 2 aliphatic rings. The number of nitrogens with one attached hydrogen (secondary N) is 3. The summed E-state index contributed by atoms with van der Waals surface area (Å²) in [4.78, 5) is 21.2. The summed E-state index contributed by atoms with van der Waals surface area (Å²) in [5.41, 5.74) is 1.90. The summed E-state index contributed by atoms with van der Waals surface area (Å²) in [6.45, 7) is 6.35. The third-order valence-electron chi connectivity index (χ3n) is 6.84. The van der Waals surface area contributed by atoms with Gasteiger partial charge < -0.3 is 20.6 Å². The first-order chi connectivity index (χ1) is 17.4. The lowest BCUT2D eigenvalue weighted by Crippen LogP contribution is -2.32. The van der Waals surface area contributed by atoms with Crippen molar-refractivity contribution < 1.29 is 0 Å². The van der Waals surface area contributed by atoms with E-state index < -0.39 is 0 Å². The van der Waals surface area contributed by atoms with Crippen molar-refractivity contribution in [3.63, 3.8) is 0 Å². The van der Waals surface area contributed by atoms with Gasteiger partial charge in [-0.15, -0.1) is 0 Å². The van der Waals surface area contributed by atoms with E-state index in [2.05, 4.69) is 39.5 Å². The summed E-state index contributed by atoms with van der Waals surface area (Å²) in [7, 11) is 0.334. The molecule has 0 radical (unpaired) electrons. The van der Waals surface area contributed by atoms with E-state index in [4.69, 9.17) is 26.6 Å². The number of nitrogens with zero attached hydrogens (tertiary/aromatic N) is 5. The van der Waals surface area contributed by atoms with Crippen LogP contribution in [0.5, 0.6) is 0 Å². The number of fused-ring (bicyclic) bond motifs is 1. The van der Waals surface area contributed by atoms with Crippen molar-refractivity contribution in [1.29, 1.82) is 0 Å². The largest absolute Gasteiger partial charge is 0.374 e. The molecule has 3 aromatic rings. The second kappa shape index (κ2) is 11.3. The topological polar surface area (TPSA) is 90.9 Å². The Labute approximate surface area is 220 Å². The fourth-order valence-corrected chi connectivity index (χ4v) is 5.86. The molecule has 2 fully saturated rings. The SMILES string of the molecule is CC(C)(Nc1ccnc2cc(Cl)ccc12)PNc1nc(NC2CCCCC2)nc(N2CCCCC2)n1. The van der Waals surface area contributed by atoms with Gasteiger partial charge in [-0.2, -0.15) is 15.0 Å². The van der Waals surface area contributed by atoms with Gasteiger partial charge in [-0.05, 0) is 70.2 Å². The average molecular weight is 527 g/mol. The van der Waals surface area contributed by atoms with Crippen LogP contribution in [0.4, 0.5) is 23.5 Å². The van der Waals surface area contributed by atoms with Crippen LogP contribution in [0, 0.1) is 0 Å². The number of piperidine rings is 1. The van der Waals surface area contributed by atoms with Crippen LogP contribution in [0.15, 0.2) is 30.5 Å². The van der Waals surface area contributed by atoms with Gasteiger partial charge in [0.25, 0.3) is 0 Å². The molecule has 2 aromatic heterocycles. The molecule has 3 N–H and O–H groups in total. The molecular weight excluding hydrogens is 491 g/mol. The molecule has 1 aliphatic heterocycles. The molecule has 1 atom stereocenters. The van der Waals surface area contributed by atoms with E-state index in [0.717, 1.165) is 35.6 Å². The highest BCUT2D eigenvalue weighted by molar-refractivity contribution is 7.41. The summed E-state index contributed by atoms with van der Waals surface area (Å²) in [6.07, 6.45) is 11.7. The predicted molar refractivity (Wildman–Crippen MR) is 153 cm³/mol. The number of benzene rings is 1. The van der Waals surface area contributed by atoms with Crippen LogP contribution < -0.4 is 20.6 Å². The van der Waals surface area contributed by atoms with Crippen LogP contribution >= 0.6 is 20.3 Å². The van der Waals surface area contributed by atoms with Gasteiger partial charge in [0.2, 0.25) is 17.8 Å². The van der Waals surface area contributed by atoms with Crippen molar-refractivity contribution >= 4 is 54.8 Å². The van der Waals surface area contributed by atoms with Crippen molar-refractivity contribution in [2.45, 2.75) is 76.5 Å². The third kappa shape index (κ3) is 6.46. The first kappa shape index (κ1) is 25.2. The molecule has 1 saturated heterocycles. The predicted octanol–water partition coefficient (Wildman–Crippen LogP) is 6.66. The Hall–Kier alpha value is -2.44. The molecule has 0 amide bonds. The Balaban J connectivity index is 1.32. The summed E-state index contributed by atoms with van der Waals surface area (Å²) in [6, 6.07) is 8.25. The molecule has 36 heavy (non-hydrogen) atoms. The summed E-state index contributed by atoms with van der Waals surface area (Å²) in [5.74, 6) is 2.09. The fourth-order valence-electron chi connectivity index (χ4n) is 4.96. The lowest BCUT2D eigenvalue weighted by molar-refractivity contribution is 0.460. The van der Waals surface area contributed by atoms with Gasteiger partial charge >= 0.3 is 0 Å². The van der Waals surface area contributed by atoms with E-state index in [1.807, 2.05) is 30.5 Å². The molecule has 0 spiro atoms. The van der Waals surface area contributed by atoms with Gasteiger partial charge in [0.05, 0.1) is 10.8 Å². The minimum Gasteiger partial charge on any atom is -0.374 e. The van der Waals surface area contributed by atoms with Gasteiger partial charge in [-0.3, -0.25) is 4.98 Å². The number of hydrogen-bond acceptors (Lipinski definition) is 8. The average Bonchev–Trinajstić information content (AvgIpc) is 2.88. The zero-order valence-corrected chi connectivity index (χ0v) is 22.9. The molecular formula is C26H36ClN8P. The quantitative estimate of drug-likeness (QED) is 0.281. The molecule has 3 heterocycles. The minimum absolute atomic E-state index is 0.247. The second-order valence-electron chi connectivity index (χ2n) is 10.3. The maximum absolute atomic E-state index is 6.17. The van der Waals surface area contributed by atoms with Gasteiger partial charge in [0.1, 0.15) is 0 Å². The van der Waals surface area contributed by atoms with Crippen molar-refractivity contribution in [3.05, 3.63) is 35.5 Å². The number of hydrogen-bond donors (Lipinski definition) is 3. The van der Waals surface area contributed by atoms with Crippen LogP contribution in [0.3, 0.4) is 0 Å². The monoisotopic (exact) mass is 526 g/mol. The second-order valence-corrected chi connectivity index (χ2v) is 12.5. The van der Waals surface area contributed by atoms with Gasteiger partial charge in [0.15, 0.2) is 0 Å². The lowest BCUT2D eigenvalue weighted by atomic mass is 9.96. The molecule has 192 valence electrons. The van der Waals surface area contributed by atoms with E-state index in [1.54, 1.807) is 0 Å². The van der Waals surface area contributed by atoms with Crippen LogP contribution in [-0.4, -0.2) is 44.3 Å². The van der Waals surface area contributed by atoms with Crippen LogP contribution in [0.25, 0.3) is 10.9 Å². The minimum atomic E-state index is -0.247. The van der Waals surface area contributed by atoms with Crippen LogP contribution in [0.1, 0.15) is 65.2 Å². The third-order valence-corrected chi connectivity index (χ3v) is 8.17. The van der Waals surface area contributed by atoms with Crippen molar-refractivity contribution in [3.8, 4) is 0 Å². The highest BCUT2D eigenvalue weighted by Crippen LogP contribution is 2.35. The first-order valence-electron chi connectivity index (χ1n) is 13.1. The summed E-state index contributed by atoms with van der Waals surface area (Å²) < 4.78 is 0. The van der Waals surface area contributed by atoms with Crippen molar-refractivity contribution in [2.24, 2.45) is 0 Å². The zero-order valence-electron chi connectivity index (χ0n) is 21.1. The number of aromatic nitrogens is 4. The fraction of sp³-hybridized carbons (Fsp3) is 0.538. The van der Waals surface area contributed by atoms with E-state index in [-0.39, 0.29) is 5.28 Å². The number of halogens is 1. The van der Waals surface area contributed by atoms with E-state index in [9.17, 15) is 0 Å². The molecule has 10 heteroatoms. The van der Waals surface area contributed by atoms with Gasteiger partial charge in [-0.1, -0.05) is 30.9 Å². The highest BCUT2D eigenvalue weighted by Gasteiger charge is 2.22. The van der Waals surface area contributed by atoms with Gasteiger partial charge in [0, 0.05) is 50.2 Å². The zero-order chi connectivity index (χ0) is 25.0. The van der Waals surface area contributed by atoms with Crippen molar-refractivity contribution in [2.75, 3.05) is 33.7 Å². The van der Waals surface area contributed by atoms with Crippen molar-refractivity contribution in [1.82, 2.24) is 19.9 Å². The Kier molecular flexibility index (Phi) is 7.92. The highest BCUT2D eigenvalue weighted by atomic mass is 35.5. The summed E-state index contributed by atoms with van der Waals surface area (Å²) in [5, 5.41) is 12.3. The van der Waals surface area contributed by atoms with E-state index in [1.165, 1.54) is 51.4 Å². The van der Waals surface area contributed by atoms with Crippen LogP contribution in [0.2, 0.25) is 5.02 Å². The smallest absolute Gasteiger partial charge is 0.232 e. The maximum atomic E-state index is 6.17. The Morgan fingerprint density at radius 3 is 2.50 bits per heavy atom. The Bertz CT molecular complexity index is 1180. The van der Waals surface area contributed by atoms with Gasteiger partial charge in [-0.25, -0.2) is 0 Å². The maximum Gasteiger partial charge on any atom is 0.232 e. The molecule has 0 bridgehead atoms. The van der Waals surface area contributed by atoms with E-state index in [0.29, 0.717) is 31.7 Å². The molecule has 1 aromatic carbocycles. The standard InChI is InChI=1S/C26H36ClN8P/c1-26(2,33-21-13-14-28-22-17-18(27)11-12-20(21)22)36-34-24-30-23(29-19-9-5-3-6-10-19)31-25(32-24)35-15-7-4-8-16-35/h11-14,17,19,36H,3-10,15-16H2,1-2H3,(H,28,33)(H2,29,30,31,32,34). The molecule has 1 aliphatic carbocycles. The summed E-state index contributed by atoms with van der Waals surface area (Å²) >= 11 is 6.17. The molecule has 8 nitrogen and oxygen atoms in total. The number of pyridine rings is 1. The lowest BCUT2D eigenvalue weighted by Gasteiger charge is -2.30.